The van der Waals surface area contributed by atoms with Crippen molar-refractivity contribution in [2.24, 2.45) is 0 Å². The van der Waals surface area contributed by atoms with Gasteiger partial charge in [0.05, 0.1) is 0 Å². The van der Waals surface area contributed by atoms with Crippen LogP contribution in [0.3, 0.4) is 0 Å². The number of nitrogens with one attached hydrogen (secondary N) is 1. The Hall–Kier alpha value is -1.16. The molecule has 0 saturated carbocycles. The average molecular weight is 266 g/mol. The maximum atomic E-state index is 12.1. The molecule has 0 radical (unpaired) electrons. The van der Waals surface area contributed by atoms with Gasteiger partial charge in [0.2, 0.25) is 5.91 Å². The fourth-order valence-corrected chi connectivity index (χ4v) is 2.29. The number of benzene rings is 1. The second-order valence-electron chi connectivity index (χ2n) is 4.11. The molecule has 1 aromatic carbocycles. The first-order chi connectivity index (χ1) is 8.62. The first-order valence-electron chi connectivity index (χ1n) is 6.31. The zero-order valence-corrected chi connectivity index (χ0v) is 12.4. The van der Waals surface area contributed by atoms with Crippen molar-refractivity contribution >= 4 is 23.4 Å². The van der Waals surface area contributed by atoms with Crippen molar-refractivity contribution in [2.75, 3.05) is 24.7 Å². The van der Waals surface area contributed by atoms with Crippen molar-refractivity contribution in [1.82, 2.24) is 4.90 Å². The Labute approximate surface area is 114 Å². The van der Waals surface area contributed by atoms with E-state index in [1.165, 1.54) is 4.90 Å². The molecule has 1 N–H and O–H groups in total. The van der Waals surface area contributed by atoms with Gasteiger partial charge in [0.25, 0.3) is 0 Å². The Bertz CT molecular complexity index is 391. The van der Waals surface area contributed by atoms with Gasteiger partial charge in [0, 0.05) is 23.7 Å². The van der Waals surface area contributed by atoms with E-state index in [4.69, 9.17) is 0 Å². The number of likely N-dealkylation sites (N-methyl/N-ethyl adjacent to an activating group) is 1. The Morgan fingerprint density at radius 1 is 1.39 bits per heavy atom. The summed E-state index contributed by atoms with van der Waals surface area (Å²) >= 11 is 1.70. The summed E-state index contributed by atoms with van der Waals surface area (Å²) in [6.45, 7) is 7.43. The average Bonchev–Trinajstić information content (AvgIpc) is 2.40. The lowest BCUT2D eigenvalue weighted by molar-refractivity contribution is -0.131. The summed E-state index contributed by atoms with van der Waals surface area (Å²) in [7, 11) is 0. The number of carbonyl (C=O) groups excluding carboxylic acids is 1. The quantitative estimate of drug-likeness (QED) is 0.803. The van der Waals surface area contributed by atoms with Crippen LogP contribution < -0.4 is 5.32 Å². The molecule has 0 aromatic heterocycles. The molecule has 0 bridgehead atoms. The molecule has 1 amide bonds. The van der Waals surface area contributed by atoms with Gasteiger partial charge in [-0.1, -0.05) is 6.07 Å². The molecular weight excluding hydrogens is 244 g/mol. The lowest BCUT2D eigenvalue weighted by Gasteiger charge is -2.24. The number of amides is 1. The predicted octanol–water partition coefficient (Wildman–Crippen LogP) is 3.08. The van der Waals surface area contributed by atoms with E-state index in [0.29, 0.717) is 0 Å². The number of anilines is 1. The maximum Gasteiger partial charge on any atom is 0.244 e. The van der Waals surface area contributed by atoms with Gasteiger partial charge >= 0.3 is 0 Å². The van der Waals surface area contributed by atoms with Crippen LogP contribution in [0.2, 0.25) is 0 Å². The minimum absolute atomic E-state index is 0.148. The highest BCUT2D eigenvalue weighted by Crippen LogP contribution is 2.19. The molecule has 0 heterocycles. The summed E-state index contributed by atoms with van der Waals surface area (Å²) in [4.78, 5) is 15.2. The summed E-state index contributed by atoms with van der Waals surface area (Å²) in [6.07, 6.45) is 2.05. The van der Waals surface area contributed by atoms with E-state index in [1.54, 1.807) is 11.8 Å². The van der Waals surface area contributed by atoms with Gasteiger partial charge in [-0.2, -0.15) is 0 Å². The van der Waals surface area contributed by atoms with Gasteiger partial charge in [-0.15, -0.1) is 11.8 Å². The fourth-order valence-electron chi connectivity index (χ4n) is 1.83. The normalized spacial score (nSPS) is 12.0. The maximum absolute atomic E-state index is 12.1. The minimum atomic E-state index is -0.193. The number of carbonyl (C=O) groups is 1. The van der Waals surface area contributed by atoms with Gasteiger partial charge < -0.3 is 10.2 Å². The Morgan fingerprint density at radius 3 is 2.61 bits per heavy atom. The van der Waals surface area contributed by atoms with Gasteiger partial charge in [-0.3, -0.25) is 4.79 Å². The Kier molecular flexibility index (Phi) is 6.05. The van der Waals surface area contributed by atoms with Crippen molar-refractivity contribution in [2.45, 2.75) is 31.7 Å². The lowest BCUT2D eigenvalue weighted by atomic mass is 10.2. The van der Waals surface area contributed by atoms with Crippen LogP contribution in [0.15, 0.2) is 29.2 Å². The largest absolute Gasteiger partial charge is 0.374 e. The molecule has 0 aliphatic carbocycles. The molecule has 0 aliphatic rings. The molecule has 1 atom stereocenters. The van der Waals surface area contributed by atoms with Crippen molar-refractivity contribution in [1.29, 1.82) is 0 Å². The molecule has 1 unspecified atom stereocenters. The summed E-state index contributed by atoms with van der Waals surface area (Å²) in [6, 6.07) is 7.93. The van der Waals surface area contributed by atoms with Crippen LogP contribution in [0.4, 0.5) is 5.69 Å². The van der Waals surface area contributed by atoms with Gasteiger partial charge in [0.15, 0.2) is 0 Å². The van der Waals surface area contributed by atoms with Crippen LogP contribution in [0.1, 0.15) is 20.8 Å². The fraction of sp³-hybridized carbons (Fsp3) is 0.500. The minimum Gasteiger partial charge on any atom is -0.374 e. The highest BCUT2D eigenvalue weighted by molar-refractivity contribution is 7.98. The molecule has 100 valence electrons. The van der Waals surface area contributed by atoms with Crippen LogP contribution in [0, 0.1) is 0 Å². The third kappa shape index (κ3) is 3.95. The summed E-state index contributed by atoms with van der Waals surface area (Å²) in [5.41, 5.74) is 0.995. The molecule has 3 nitrogen and oxygen atoms in total. The monoisotopic (exact) mass is 266 g/mol. The van der Waals surface area contributed by atoms with Crippen LogP contribution >= 0.6 is 11.8 Å². The van der Waals surface area contributed by atoms with Crippen LogP contribution in [-0.2, 0) is 4.79 Å². The zero-order valence-electron chi connectivity index (χ0n) is 11.6. The molecule has 0 spiro atoms. The van der Waals surface area contributed by atoms with Gasteiger partial charge in [-0.05, 0) is 45.2 Å². The van der Waals surface area contributed by atoms with Crippen LogP contribution in [-0.4, -0.2) is 36.2 Å². The Morgan fingerprint density at radius 2 is 2.06 bits per heavy atom. The highest BCUT2D eigenvalue weighted by Gasteiger charge is 2.17. The standard InChI is InChI=1S/C14H22N2OS/c1-5-16(6-2)14(17)11(3)15-12-8-7-9-13(10-12)18-4/h7-11,15H,5-6H2,1-4H3. The third-order valence-electron chi connectivity index (χ3n) is 2.90. The van der Waals surface area contributed by atoms with E-state index in [9.17, 15) is 4.79 Å². The van der Waals surface area contributed by atoms with Gasteiger partial charge in [-0.25, -0.2) is 0 Å². The Balaban J connectivity index is 2.68. The second kappa shape index (κ2) is 7.31. The van der Waals surface area contributed by atoms with Crippen molar-refractivity contribution in [3.05, 3.63) is 24.3 Å². The first-order valence-corrected chi connectivity index (χ1v) is 7.54. The van der Waals surface area contributed by atoms with E-state index in [2.05, 4.69) is 17.4 Å². The van der Waals surface area contributed by atoms with E-state index >= 15 is 0 Å². The molecule has 0 aliphatic heterocycles. The third-order valence-corrected chi connectivity index (χ3v) is 3.62. The van der Waals surface area contributed by atoms with Crippen molar-refractivity contribution < 1.29 is 4.79 Å². The number of hydrogen-bond donors (Lipinski definition) is 1. The molecule has 4 heteroatoms. The topological polar surface area (TPSA) is 32.3 Å². The van der Waals surface area contributed by atoms with E-state index in [-0.39, 0.29) is 11.9 Å². The number of nitrogens with zero attached hydrogens (tertiary/aromatic N) is 1. The second-order valence-corrected chi connectivity index (χ2v) is 4.99. The van der Waals surface area contributed by atoms with E-state index < -0.39 is 0 Å². The summed E-state index contributed by atoms with van der Waals surface area (Å²) in [5.74, 6) is 0.148. The number of rotatable bonds is 6. The smallest absolute Gasteiger partial charge is 0.244 e. The molecular formula is C14H22N2OS. The summed E-state index contributed by atoms with van der Waals surface area (Å²) in [5, 5.41) is 3.26. The first kappa shape index (κ1) is 14.9. The van der Waals surface area contributed by atoms with Gasteiger partial charge in [0.1, 0.15) is 6.04 Å². The zero-order chi connectivity index (χ0) is 13.5. The highest BCUT2D eigenvalue weighted by atomic mass is 32.2. The SMILES string of the molecule is CCN(CC)C(=O)C(C)Nc1cccc(SC)c1. The molecule has 0 saturated heterocycles. The molecule has 18 heavy (non-hydrogen) atoms. The van der Waals surface area contributed by atoms with Crippen molar-refractivity contribution in [3.8, 4) is 0 Å². The van der Waals surface area contributed by atoms with E-state index in [0.717, 1.165) is 18.8 Å². The lowest BCUT2D eigenvalue weighted by Crippen LogP contribution is -2.41. The predicted molar refractivity (Wildman–Crippen MR) is 79.2 cm³/mol. The summed E-state index contributed by atoms with van der Waals surface area (Å²) < 4.78 is 0. The molecule has 0 fully saturated rings. The van der Waals surface area contributed by atoms with Crippen LogP contribution in [0.25, 0.3) is 0 Å². The van der Waals surface area contributed by atoms with Crippen LogP contribution in [0.5, 0.6) is 0 Å². The van der Waals surface area contributed by atoms with E-state index in [1.807, 2.05) is 44.1 Å². The number of hydrogen-bond acceptors (Lipinski definition) is 3. The number of thioether (sulfide) groups is 1. The molecule has 1 rings (SSSR count). The molecule has 1 aromatic rings. The van der Waals surface area contributed by atoms with Crippen molar-refractivity contribution in [3.63, 3.8) is 0 Å².